The van der Waals surface area contributed by atoms with Crippen molar-refractivity contribution in [2.75, 3.05) is 19.6 Å². The molecule has 2 rings (SSSR count). The molecule has 0 spiro atoms. The van der Waals surface area contributed by atoms with Gasteiger partial charge in [0, 0.05) is 19.6 Å². The summed E-state index contributed by atoms with van der Waals surface area (Å²) in [6.07, 6.45) is 2.32. The van der Waals surface area contributed by atoms with E-state index in [9.17, 15) is 5.11 Å². The van der Waals surface area contributed by atoms with Crippen molar-refractivity contribution in [2.45, 2.75) is 32.4 Å². The number of likely N-dealkylation sites (N-methyl/N-ethyl adjacent to an activating group) is 1. The molecule has 3 heteroatoms. The highest BCUT2D eigenvalue weighted by molar-refractivity contribution is 5.24. The van der Waals surface area contributed by atoms with E-state index in [-0.39, 0.29) is 0 Å². The highest BCUT2D eigenvalue weighted by atomic mass is 16.3. The normalized spacial score (nSPS) is 17.1. The van der Waals surface area contributed by atoms with Crippen molar-refractivity contribution in [1.82, 2.24) is 4.90 Å². The van der Waals surface area contributed by atoms with Crippen molar-refractivity contribution < 1.29 is 5.11 Å². The minimum atomic E-state index is -0.393. The minimum absolute atomic E-state index is 0.393. The monoisotopic (exact) mass is 248 g/mol. The second kappa shape index (κ2) is 6.32. The van der Waals surface area contributed by atoms with Crippen LogP contribution in [-0.4, -0.2) is 29.6 Å². The van der Waals surface area contributed by atoms with Crippen LogP contribution in [0.1, 0.15) is 37.0 Å². The predicted octanol–water partition coefficient (Wildman–Crippen LogP) is 1.91. The van der Waals surface area contributed by atoms with Gasteiger partial charge in [-0.25, -0.2) is 0 Å². The third-order valence-electron chi connectivity index (χ3n) is 3.69. The molecule has 1 unspecified atom stereocenters. The van der Waals surface area contributed by atoms with Crippen LogP contribution in [0.4, 0.5) is 0 Å². The van der Waals surface area contributed by atoms with Gasteiger partial charge >= 0.3 is 0 Å². The van der Waals surface area contributed by atoms with Crippen molar-refractivity contribution in [2.24, 2.45) is 11.7 Å². The molecule has 3 N–H and O–H groups in total. The van der Waals surface area contributed by atoms with Gasteiger partial charge in [0.15, 0.2) is 0 Å². The summed E-state index contributed by atoms with van der Waals surface area (Å²) < 4.78 is 0. The Labute approximate surface area is 110 Å². The number of aliphatic hydroxyl groups excluding tert-OH is 1. The molecule has 0 amide bonds. The number of hydrogen-bond donors (Lipinski definition) is 2. The molecule has 0 aliphatic heterocycles. The number of aliphatic hydroxyl groups is 1. The lowest BCUT2D eigenvalue weighted by molar-refractivity contribution is 0.113. The number of hydrogen-bond acceptors (Lipinski definition) is 3. The predicted molar refractivity (Wildman–Crippen MR) is 74.1 cm³/mol. The van der Waals surface area contributed by atoms with E-state index in [1.54, 1.807) is 0 Å². The Kier molecular flexibility index (Phi) is 4.75. The molecule has 3 nitrogen and oxygen atoms in total. The first kappa shape index (κ1) is 13.5. The lowest BCUT2D eigenvalue weighted by Crippen LogP contribution is -2.30. The van der Waals surface area contributed by atoms with Gasteiger partial charge in [0.1, 0.15) is 0 Å². The summed E-state index contributed by atoms with van der Waals surface area (Å²) in [4.78, 5) is 2.35. The van der Waals surface area contributed by atoms with Crippen LogP contribution >= 0.6 is 0 Å². The Hall–Kier alpha value is -0.900. The minimum Gasteiger partial charge on any atom is -0.387 e. The molecule has 1 saturated carbocycles. The first-order valence-electron chi connectivity index (χ1n) is 6.92. The van der Waals surface area contributed by atoms with Crippen LogP contribution in [-0.2, 0) is 6.54 Å². The summed E-state index contributed by atoms with van der Waals surface area (Å²) in [5.41, 5.74) is 7.66. The van der Waals surface area contributed by atoms with Gasteiger partial charge in [0.05, 0.1) is 6.10 Å². The van der Waals surface area contributed by atoms with E-state index in [1.807, 2.05) is 24.3 Å². The van der Waals surface area contributed by atoms with Gasteiger partial charge in [-0.3, -0.25) is 0 Å². The van der Waals surface area contributed by atoms with Gasteiger partial charge in [0.25, 0.3) is 0 Å². The maximum atomic E-state index is 10.2. The van der Waals surface area contributed by atoms with E-state index in [4.69, 9.17) is 5.73 Å². The largest absolute Gasteiger partial charge is 0.387 e. The second-order valence-corrected chi connectivity index (χ2v) is 5.26. The smallest absolute Gasteiger partial charge is 0.0916 e. The summed E-state index contributed by atoms with van der Waals surface area (Å²) >= 11 is 0. The number of benzene rings is 1. The van der Waals surface area contributed by atoms with Gasteiger partial charge in [0.2, 0.25) is 0 Å². The molecule has 18 heavy (non-hydrogen) atoms. The lowest BCUT2D eigenvalue weighted by Gasteiger charge is -2.23. The van der Waals surface area contributed by atoms with Crippen LogP contribution in [0.15, 0.2) is 24.3 Å². The average molecular weight is 248 g/mol. The third-order valence-corrected chi connectivity index (χ3v) is 3.69. The Morgan fingerprint density at radius 3 is 2.50 bits per heavy atom. The average Bonchev–Trinajstić information content (AvgIpc) is 3.22. The molecule has 1 aromatic carbocycles. The highest BCUT2D eigenvalue weighted by Gasteiger charge is 2.24. The molecule has 1 fully saturated rings. The molecule has 1 aromatic rings. The highest BCUT2D eigenvalue weighted by Crippen LogP contribution is 2.30. The molecule has 1 aliphatic carbocycles. The molecule has 1 atom stereocenters. The van der Waals surface area contributed by atoms with Crippen molar-refractivity contribution in [1.29, 1.82) is 0 Å². The fourth-order valence-electron chi connectivity index (χ4n) is 2.22. The first-order valence-corrected chi connectivity index (χ1v) is 6.92. The van der Waals surface area contributed by atoms with E-state index in [2.05, 4.69) is 11.8 Å². The summed E-state index contributed by atoms with van der Waals surface area (Å²) in [7, 11) is 0. The van der Waals surface area contributed by atoms with E-state index < -0.39 is 6.10 Å². The zero-order chi connectivity index (χ0) is 13.0. The molecule has 0 heterocycles. The first-order chi connectivity index (χ1) is 8.72. The maximum absolute atomic E-state index is 10.2. The third kappa shape index (κ3) is 3.80. The summed E-state index contributed by atoms with van der Waals surface area (Å²) in [5, 5.41) is 10.2. The zero-order valence-corrected chi connectivity index (χ0v) is 11.2. The zero-order valence-electron chi connectivity index (χ0n) is 11.2. The Balaban J connectivity index is 1.89. The molecule has 0 saturated heterocycles. The van der Waals surface area contributed by atoms with Crippen LogP contribution in [0.25, 0.3) is 0 Å². The van der Waals surface area contributed by atoms with Crippen LogP contribution in [0.3, 0.4) is 0 Å². The molecule has 0 bridgehead atoms. The van der Waals surface area contributed by atoms with Crippen molar-refractivity contribution in [3.8, 4) is 0 Å². The van der Waals surface area contributed by atoms with E-state index in [0.29, 0.717) is 6.54 Å². The molecule has 0 aromatic heterocycles. The summed E-state index contributed by atoms with van der Waals surface area (Å²) in [6.45, 7) is 5.59. The molecular formula is C15H24N2O. The molecular weight excluding hydrogens is 224 g/mol. The standard InChI is InChI=1S/C15H24N2O/c1-2-17(10-13-3-4-13)11-15(18)14-7-5-12(9-16)6-8-14/h5-8,13,15,18H,2-4,9-11,16H2,1H3. The second-order valence-electron chi connectivity index (χ2n) is 5.26. The number of rotatable bonds is 7. The Morgan fingerprint density at radius 1 is 1.33 bits per heavy atom. The number of nitrogens with two attached hydrogens (primary N) is 1. The molecule has 0 radical (unpaired) electrons. The maximum Gasteiger partial charge on any atom is 0.0916 e. The summed E-state index contributed by atoms with van der Waals surface area (Å²) in [6, 6.07) is 7.96. The van der Waals surface area contributed by atoms with E-state index >= 15 is 0 Å². The van der Waals surface area contributed by atoms with Crippen LogP contribution in [0, 0.1) is 5.92 Å². The fraction of sp³-hybridized carbons (Fsp3) is 0.600. The van der Waals surface area contributed by atoms with Crippen molar-refractivity contribution >= 4 is 0 Å². The van der Waals surface area contributed by atoms with E-state index in [1.165, 1.54) is 12.8 Å². The molecule has 1 aliphatic rings. The van der Waals surface area contributed by atoms with Crippen LogP contribution in [0.5, 0.6) is 0 Å². The Bertz CT molecular complexity index is 359. The lowest BCUT2D eigenvalue weighted by atomic mass is 10.1. The van der Waals surface area contributed by atoms with Gasteiger partial charge in [-0.15, -0.1) is 0 Å². The van der Waals surface area contributed by atoms with Crippen LogP contribution in [0.2, 0.25) is 0 Å². The fourth-order valence-corrected chi connectivity index (χ4v) is 2.22. The molecule has 100 valence electrons. The quantitative estimate of drug-likeness (QED) is 0.775. The summed E-state index contributed by atoms with van der Waals surface area (Å²) in [5.74, 6) is 0.872. The SMILES string of the molecule is CCN(CC1CC1)CC(O)c1ccc(CN)cc1. The topological polar surface area (TPSA) is 49.5 Å². The van der Waals surface area contributed by atoms with Gasteiger partial charge in [-0.2, -0.15) is 0 Å². The van der Waals surface area contributed by atoms with Crippen molar-refractivity contribution in [3.63, 3.8) is 0 Å². The van der Waals surface area contributed by atoms with Gasteiger partial charge in [-0.05, 0) is 36.4 Å². The van der Waals surface area contributed by atoms with Gasteiger partial charge in [-0.1, -0.05) is 31.2 Å². The van der Waals surface area contributed by atoms with Gasteiger partial charge < -0.3 is 15.7 Å². The van der Waals surface area contributed by atoms with Crippen LogP contribution < -0.4 is 5.73 Å². The number of nitrogens with zero attached hydrogens (tertiary/aromatic N) is 1. The van der Waals surface area contributed by atoms with E-state index in [0.717, 1.165) is 36.7 Å². The Morgan fingerprint density at radius 2 is 2.00 bits per heavy atom. The van der Waals surface area contributed by atoms with Crippen molar-refractivity contribution in [3.05, 3.63) is 35.4 Å².